The molecule has 0 saturated heterocycles. The molecule has 1 N–H and O–H groups in total. The molecule has 0 aliphatic heterocycles. The molecule has 0 bridgehead atoms. The maximum Gasteiger partial charge on any atom is 0.255 e. The summed E-state index contributed by atoms with van der Waals surface area (Å²) in [4.78, 5) is 13.0. The van der Waals surface area contributed by atoms with Crippen LogP contribution in [-0.2, 0) is 4.79 Å². The van der Waals surface area contributed by atoms with Gasteiger partial charge in [-0.15, -0.1) is 0 Å². The number of rotatable bonds is 5. The molecule has 1 saturated carbocycles. The molecule has 3 nitrogen and oxygen atoms in total. The molecule has 0 aromatic rings. The summed E-state index contributed by atoms with van der Waals surface area (Å²) in [6.45, 7) is -0.474. The molecule has 17 heavy (non-hydrogen) atoms. The maximum atomic E-state index is 12.2. The molecule has 0 heterocycles. The number of nitrogens with zero attached hydrogens (tertiary/aromatic N) is 1. The highest BCUT2D eigenvalue weighted by Crippen LogP contribution is 2.31. The molecule has 5 heteroatoms. The lowest BCUT2D eigenvalue weighted by atomic mass is 9.79. The van der Waals surface area contributed by atoms with Crippen molar-refractivity contribution in [2.75, 3.05) is 20.6 Å². The highest BCUT2D eigenvalue weighted by molar-refractivity contribution is 5.77. The first-order valence-corrected chi connectivity index (χ1v) is 6.20. The lowest BCUT2D eigenvalue weighted by Crippen LogP contribution is -2.48. The Morgan fingerprint density at radius 1 is 1.35 bits per heavy atom. The molecular formula is C12H22F2N2O. The molecule has 0 aromatic carbocycles. The summed E-state index contributed by atoms with van der Waals surface area (Å²) in [7, 11) is 3.30. The Bertz CT molecular complexity index is 253. The number of alkyl halides is 2. The topological polar surface area (TPSA) is 32.3 Å². The Hall–Kier alpha value is -0.710. The van der Waals surface area contributed by atoms with Gasteiger partial charge < -0.3 is 10.2 Å². The molecule has 0 unspecified atom stereocenters. The van der Waals surface area contributed by atoms with E-state index in [0.717, 1.165) is 30.6 Å². The summed E-state index contributed by atoms with van der Waals surface area (Å²) in [5.41, 5.74) is -0.175. The Balaban J connectivity index is 2.52. The zero-order valence-electron chi connectivity index (χ0n) is 10.6. The Morgan fingerprint density at radius 3 is 2.41 bits per heavy atom. The number of nitrogens with one attached hydrogen (secondary N) is 1. The summed E-state index contributed by atoms with van der Waals surface area (Å²) in [6, 6.07) is 0. The van der Waals surface area contributed by atoms with E-state index in [1.54, 1.807) is 0 Å². The monoisotopic (exact) mass is 248 g/mol. The van der Waals surface area contributed by atoms with Crippen LogP contribution in [-0.4, -0.2) is 43.4 Å². The van der Waals surface area contributed by atoms with Crippen molar-refractivity contribution in [1.29, 1.82) is 0 Å². The van der Waals surface area contributed by atoms with Crippen molar-refractivity contribution < 1.29 is 13.6 Å². The molecule has 1 fully saturated rings. The fourth-order valence-electron chi connectivity index (χ4n) is 2.48. The minimum atomic E-state index is -2.46. The largest absolute Gasteiger partial charge is 0.340 e. The van der Waals surface area contributed by atoms with Crippen molar-refractivity contribution >= 4 is 5.91 Å². The first kappa shape index (κ1) is 14.4. The second kappa shape index (κ2) is 6.28. The average molecular weight is 248 g/mol. The van der Waals surface area contributed by atoms with Crippen molar-refractivity contribution in [1.82, 2.24) is 10.2 Å². The summed E-state index contributed by atoms with van der Waals surface area (Å²) < 4.78 is 24.4. The van der Waals surface area contributed by atoms with E-state index in [0.29, 0.717) is 6.42 Å². The summed E-state index contributed by atoms with van der Waals surface area (Å²) >= 11 is 0. The Kier molecular flexibility index (Phi) is 5.31. The molecule has 1 aliphatic carbocycles. The van der Waals surface area contributed by atoms with Crippen LogP contribution < -0.4 is 5.32 Å². The van der Waals surface area contributed by atoms with Crippen molar-refractivity contribution in [3.63, 3.8) is 0 Å². The third-order valence-corrected chi connectivity index (χ3v) is 3.67. The van der Waals surface area contributed by atoms with Gasteiger partial charge in [-0.1, -0.05) is 19.3 Å². The van der Waals surface area contributed by atoms with Crippen LogP contribution in [0.25, 0.3) is 0 Å². The van der Waals surface area contributed by atoms with Crippen LogP contribution in [0.15, 0.2) is 0 Å². The zero-order valence-corrected chi connectivity index (χ0v) is 10.6. The molecule has 0 aromatic heterocycles. The van der Waals surface area contributed by atoms with E-state index in [4.69, 9.17) is 0 Å². The minimum absolute atomic E-state index is 0.175. The second-order valence-electron chi connectivity index (χ2n) is 4.93. The van der Waals surface area contributed by atoms with E-state index in [2.05, 4.69) is 5.32 Å². The predicted octanol–water partition coefficient (Wildman–Crippen LogP) is 2.02. The molecule has 0 atom stereocenters. The number of halogens is 2. The highest BCUT2D eigenvalue weighted by atomic mass is 19.3. The Morgan fingerprint density at radius 2 is 1.94 bits per heavy atom. The number of carbonyl (C=O) groups is 1. The molecule has 1 aliphatic rings. The van der Waals surface area contributed by atoms with Crippen LogP contribution >= 0.6 is 0 Å². The smallest absolute Gasteiger partial charge is 0.255 e. The van der Waals surface area contributed by atoms with Crippen molar-refractivity contribution in [2.24, 2.45) is 0 Å². The SMILES string of the molecule is CNC1(CC(=O)N(C)CC(F)F)CCCCC1. The summed E-state index contributed by atoms with van der Waals surface area (Å²) in [5, 5.41) is 3.22. The average Bonchev–Trinajstić information content (AvgIpc) is 2.29. The van der Waals surface area contributed by atoms with E-state index in [-0.39, 0.29) is 11.4 Å². The van der Waals surface area contributed by atoms with E-state index < -0.39 is 13.0 Å². The lowest BCUT2D eigenvalue weighted by molar-refractivity contribution is -0.133. The minimum Gasteiger partial charge on any atom is -0.340 e. The van der Waals surface area contributed by atoms with Gasteiger partial charge in [0.05, 0.1) is 6.54 Å². The van der Waals surface area contributed by atoms with Crippen LogP contribution in [0.4, 0.5) is 8.78 Å². The van der Waals surface area contributed by atoms with E-state index in [1.165, 1.54) is 13.5 Å². The van der Waals surface area contributed by atoms with Crippen LogP contribution in [0.2, 0.25) is 0 Å². The third-order valence-electron chi connectivity index (χ3n) is 3.67. The van der Waals surface area contributed by atoms with Crippen molar-refractivity contribution in [3.05, 3.63) is 0 Å². The molecule has 1 amide bonds. The highest BCUT2D eigenvalue weighted by Gasteiger charge is 2.33. The van der Waals surface area contributed by atoms with Gasteiger partial charge in [0.1, 0.15) is 0 Å². The van der Waals surface area contributed by atoms with Gasteiger partial charge in [-0.25, -0.2) is 8.78 Å². The zero-order chi connectivity index (χ0) is 12.9. The normalized spacial score (nSPS) is 19.4. The van der Waals surface area contributed by atoms with Crippen molar-refractivity contribution in [3.8, 4) is 0 Å². The molecular weight excluding hydrogens is 226 g/mol. The van der Waals surface area contributed by atoms with Gasteiger partial charge in [-0.05, 0) is 19.9 Å². The quantitative estimate of drug-likeness (QED) is 0.807. The predicted molar refractivity (Wildman–Crippen MR) is 63.1 cm³/mol. The third kappa shape index (κ3) is 4.22. The van der Waals surface area contributed by atoms with Gasteiger partial charge in [-0.3, -0.25) is 4.79 Å². The molecule has 1 rings (SSSR count). The fourth-order valence-corrected chi connectivity index (χ4v) is 2.48. The maximum absolute atomic E-state index is 12.2. The second-order valence-corrected chi connectivity index (χ2v) is 4.93. The van der Waals surface area contributed by atoms with Gasteiger partial charge in [-0.2, -0.15) is 0 Å². The first-order chi connectivity index (χ1) is 7.99. The number of amides is 1. The van der Waals surface area contributed by atoms with Crippen LogP contribution in [0.1, 0.15) is 38.5 Å². The van der Waals surface area contributed by atoms with Gasteiger partial charge in [0.15, 0.2) is 0 Å². The van der Waals surface area contributed by atoms with E-state index >= 15 is 0 Å². The Labute approximate surface area is 102 Å². The summed E-state index contributed by atoms with van der Waals surface area (Å²) in [6.07, 6.45) is 3.19. The van der Waals surface area contributed by atoms with E-state index in [1.807, 2.05) is 7.05 Å². The molecule has 100 valence electrons. The van der Waals surface area contributed by atoms with Crippen LogP contribution in [0.3, 0.4) is 0 Å². The molecule has 0 radical (unpaired) electrons. The number of hydrogen-bond donors (Lipinski definition) is 1. The van der Waals surface area contributed by atoms with Gasteiger partial charge in [0.25, 0.3) is 6.43 Å². The summed E-state index contributed by atoms with van der Waals surface area (Å²) in [5.74, 6) is -0.193. The van der Waals surface area contributed by atoms with Gasteiger partial charge in [0, 0.05) is 19.0 Å². The van der Waals surface area contributed by atoms with Gasteiger partial charge in [0.2, 0.25) is 5.91 Å². The molecule has 0 spiro atoms. The standard InChI is InChI=1S/C12H22F2N2O/c1-15-12(6-4-3-5-7-12)8-11(17)16(2)9-10(13)14/h10,15H,3-9H2,1-2H3. The van der Waals surface area contributed by atoms with Crippen molar-refractivity contribution in [2.45, 2.75) is 50.5 Å². The first-order valence-electron chi connectivity index (χ1n) is 6.20. The van der Waals surface area contributed by atoms with Gasteiger partial charge >= 0.3 is 0 Å². The number of hydrogen-bond acceptors (Lipinski definition) is 2. The lowest BCUT2D eigenvalue weighted by Gasteiger charge is -2.37. The number of carbonyl (C=O) groups excluding carboxylic acids is 1. The fraction of sp³-hybridized carbons (Fsp3) is 0.917. The van der Waals surface area contributed by atoms with Crippen LogP contribution in [0, 0.1) is 0 Å². The van der Waals surface area contributed by atoms with E-state index in [9.17, 15) is 13.6 Å². The van der Waals surface area contributed by atoms with Crippen LogP contribution in [0.5, 0.6) is 0 Å².